The molecule has 2 N–H and O–H groups in total. The van der Waals surface area contributed by atoms with E-state index in [0.29, 0.717) is 5.69 Å². The number of carboxylic acid groups (broad SMARTS) is 1. The van der Waals surface area contributed by atoms with Crippen LogP contribution in [0.15, 0.2) is 6.07 Å². The number of hydrogen-bond donors (Lipinski definition) is 2. The molecule has 6 nitrogen and oxygen atoms in total. The number of anilines is 1. The van der Waals surface area contributed by atoms with Crippen LogP contribution in [0.1, 0.15) is 35.4 Å². The molecule has 1 heterocycles. The van der Waals surface area contributed by atoms with Gasteiger partial charge in [0, 0.05) is 11.6 Å². The van der Waals surface area contributed by atoms with Crippen molar-refractivity contribution in [2.45, 2.75) is 26.2 Å². The van der Waals surface area contributed by atoms with Crippen LogP contribution >= 0.6 is 0 Å². The average molecular weight is 235 g/mol. The third-order valence-corrected chi connectivity index (χ3v) is 2.78. The van der Waals surface area contributed by atoms with E-state index < -0.39 is 5.97 Å². The van der Waals surface area contributed by atoms with Crippen LogP contribution in [0, 0.1) is 12.8 Å². The number of carbonyl (C=O) groups is 2. The van der Waals surface area contributed by atoms with Gasteiger partial charge in [-0.3, -0.25) is 10.1 Å². The molecule has 1 fully saturated rings. The van der Waals surface area contributed by atoms with Crippen LogP contribution in [0.25, 0.3) is 0 Å². The fourth-order valence-corrected chi connectivity index (χ4v) is 1.62. The van der Waals surface area contributed by atoms with Crippen molar-refractivity contribution in [3.8, 4) is 0 Å². The Morgan fingerprint density at radius 2 is 2.12 bits per heavy atom. The number of rotatable bonds is 3. The lowest BCUT2D eigenvalue weighted by atomic mass is 9.85. The van der Waals surface area contributed by atoms with Gasteiger partial charge in [-0.1, -0.05) is 6.42 Å². The zero-order valence-electron chi connectivity index (χ0n) is 9.43. The Hall–Kier alpha value is -1.98. The molecule has 0 aliphatic heterocycles. The smallest absolute Gasteiger partial charge is 0.354 e. The van der Waals surface area contributed by atoms with Crippen molar-refractivity contribution < 1.29 is 14.7 Å². The molecule has 90 valence electrons. The summed E-state index contributed by atoms with van der Waals surface area (Å²) in [7, 11) is 0. The van der Waals surface area contributed by atoms with Crippen molar-refractivity contribution >= 4 is 17.8 Å². The van der Waals surface area contributed by atoms with Gasteiger partial charge in [-0.2, -0.15) is 0 Å². The molecule has 6 heteroatoms. The molecule has 0 unspecified atom stereocenters. The predicted molar refractivity (Wildman–Crippen MR) is 59.7 cm³/mol. The number of nitrogens with zero attached hydrogens (tertiary/aromatic N) is 2. The monoisotopic (exact) mass is 235 g/mol. The molecule has 1 amide bonds. The second-order valence-corrected chi connectivity index (χ2v) is 4.14. The number of amides is 1. The predicted octanol–water partition coefficient (Wildman–Crippen LogP) is 1.22. The van der Waals surface area contributed by atoms with Crippen molar-refractivity contribution in [2.75, 3.05) is 5.32 Å². The van der Waals surface area contributed by atoms with Crippen LogP contribution in [0.2, 0.25) is 0 Å². The van der Waals surface area contributed by atoms with Crippen molar-refractivity contribution in [1.82, 2.24) is 9.97 Å². The number of carbonyl (C=O) groups excluding carboxylic acids is 1. The highest BCUT2D eigenvalue weighted by atomic mass is 16.4. The normalized spacial score (nSPS) is 15.1. The van der Waals surface area contributed by atoms with E-state index in [1.807, 2.05) is 0 Å². The Kier molecular flexibility index (Phi) is 3.03. The van der Waals surface area contributed by atoms with E-state index in [2.05, 4.69) is 15.3 Å². The molecule has 0 spiro atoms. The topological polar surface area (TPSA) is 92.2 Å². The molecule has 0 bridgehead atoms. The van der Waals surface area contributed by atoms with Crippen LogP contribution in [0.3, 0.4) is 0 Å². The summed E-state index contributed by atoms with van der Waals surface area (Å²) in [5.74, 6) is -1.17. The minimum Gasteiger partial charge on any atom is -0.477 e. The van der Waals surface area contributed by atoms with Crippen LogP contribution in [0.4, 0.5) is 5.95 Å². The average Bonchev–Trinajstić information content (AvgIpc) is 2.13. The summed E-state index contributed by atoms with van der Waals surface area (Å²) in [6.07, 6.45) is 2.82. The summed E-state index contributed by atoms with van der Waals surface area (Å²) < 4.78 is 0. The summed E-state index contributed by atoms with van der Waals surface area (Å²) in [5.41, 5.74) is 0.405. The molecule has 17 heavy (non-hydrogen) atoms. The molecule has 1 aromatic rings. The summed E-state index contributed by atoms with van der Waals surface area (Å²) in [6.45, 7) is 1.66. The van der Waals surface area contributed by atoms with Gasteiger partial charge in [-0.05, 0) is 25.8 Å². The third kappa shape index (κ3) is 2.58. The number of aromatic carboxylic acids is 1. The van der Waals surface area contributed by atoms with Gasteiger partial charge in [0.1, 0.15) is 0 Å². The van der Waals surface area contributed by atoms with Gasteiger partial charge < -0.3 is 5.11 Å². The Balaban J connectivity index is 2.14. The summed E-state index contributed by atoms with van der Waals surface area (Å²) in [6, 6.07) is 1.36. The molecule has 0 saturated heterocycles. The SMILES string of the molecule is Cc1cc(C(=O)O)nc(NC(=O)C2CCC2)n1. The van der Waals surface area contributed by atoms with E-state index in [4.69, 9.17) is 5.11 Å². The van der Waals surface area contributed by atoms with Crippen molar-refractivity contribution in [3.63, 3.8) is 0 Å². The van der Waals surface area contributed by atoms with Gasteiger partial charge in [0.15, 0.2) is 5.69 Å². The van der Waals surface area contributed by atoms with Gasteiger partial charge >= 0.3 is 5.97 Å². The Bertz CT molecular complexity index is 469. The molecular weight excluding hydrogens is 222 g/mol. The zero-order valence-corrected chi connectivity index (χ0v) is 9.43. The molecule has 1 aliphatic carbocycles. The molecule has 1 aliphatic rings. The maximum atomic E-state index is 11.6. The van der Waals surface area contributed by atoms with E-state index in [1.165, 1.54) is 6.07 Å². The molecule has 1 saturated carbocycles. The Labute approximate surface area is 98.1 Å². The van der Waals surface area contributed by atoms with Gasteiger partial charge in [-0.15, -0.1) is 0 Å². The van der Waals surface area contributed by atoms with E-state index in [1.54, 1.807) is 6.92 Å². The fraction of sp³-hybridized carbons (Fsp3) is 0.455. The van der Waals surface area contributed by atoms with Crippen LogP contribution in [-0.2, 0) is 4.79 Å². The summed E-state index contributed by atoms with van der Waals surface area (Å²) in [4.78, 5) is 30.2. The quantitative estimate of drug-likeness (QED) is 0.821. The lowest BCUT2D eigenvalue weighted by Crippen LogP contribution is -2.29. The largest absolute Gasteiger partial charge is 0.477 e. The van der Waals surface area contributed by atoms with E-state index in [0.717, 1.165) is 19.3 Å². The van der Waals surface area contributed by atoms with Crippen LogP contribution < -0.4 is 5.32 Å². The first-order chi connectivity index (χ1) is 8.06. The number of nitrogens with one attached hydrogen (secondary N) is 1. The highest BCUT2D eigenvalue weighted by Crippen LogP contribution is 2.27. The molecular formula is C11H13N3O3. The highest BCUT2D eigenvalue weighted by Gasteiger charge is 2.26. The maximum Gasteiger partial charge on any atom is 0.354 e. The van der Waals surface area contributed by atoms with E-state index >= 15 is 0 Å². The maximum absolute atomic E-state index is 11.6. The van der Waals surface area contributed by atoms with Gasteiger partial charge in [0.25, 0.3) is 0 Å². The molecule has 0 atom stereocenters. The van der Waals surface area contributed by atoms with Crippen molar-refractivity contribution in [3.05, 3.63) is 17.5 Å². The minimum absolute atomic E-state index is 0.0207. The number of carboxylic acids is 1. The van der Waals surface area contributed by atoms with Crippen molar-refractivity contribution in [1.29, 1.82) is 0 Å². The third-order valence-electron chi connectivity index (χ3n) is 2.78. The second-order valence-electron chi connectivity index (χ2n) is 4.14. The van der Waals surface area contributed by atoms with E-state index in [9.17, 15) is 9.59 Å². The van der Waals surface area contributed by atoms with E-state index in [-0.39, 0.29) is 23.5 Å². The zero-order chi connectivity index (χ0) is 12.4. The first-order valence-electron chi connectivity index (χ1n) is 5.46. The van der Waals surface area contributed by atoms with Gasteiger partial charge in [0.05, 0.1) is 0 Å². The van der Waals surface area contributed by atoms with Crippen LogP contribution in [0.5, 0.6) is 0 Å². The first-order valence-corrected chi connectivity index (χ1v) is 5.46. The Morgan fingerprint density at radius 3 is 2.65 bits per heavy atom. The lowest BCUT2D eigenvalue weighted by molar-refractivity contribution is -0.122. The number of aromatic nitrogens is 2. The standard InChI is InChI=1S/C11H13N3O3/c1-6-5-8(10(16)17)13-11(12-6)14-9(15)7-3-2-4-7/h5,7H,2-4H2,1H3,(H,16,17)(H,12,13,14,15). The van der Waals surface area contributed by atoms with Crippen LogP contribution in [-0.4, -0.2) is 27.0 Å². The number of aryl methyl sites for hydroxylation is 1. The lowest BCUT2D eigenvalue weighted by Gasteiger charge is -2.23. The van der Waals surface area contributed by atoms with Crippen molar-refractivity contribution in [2.24, 2.45) is 5.92 Å². The summed E-state index contributed by atoms with van der Waals surface area (Å²) >= 11 is 0. The minimum atomic E-state index is -1.13. The van der Waals surface area contributed by atoms with Gasteiger partial charge in [-0.25, -0.2) is 14.8 Å². The fourth-order valence-electron chi connectivity index (χ4n) is 1.62. The summed E-state index contributed by atoms with van der Waals surface area (Å²) in [5, 5.41) is 11.4. The number of hydrogen-bond acceptors (Lipinski definition) is 4. The first kappa shape index (κ1) is 11.5. The molecule has 2 rings (SSSR count). The molecule has 0 aromatic carbocycles. The van der Waals surface area contributed by atoms with Gasteiger partial charge in [0.2, 0.25) is 11.9 Å². The highest BCUT2D eigenvalue weighted by molar-refractivity contribution is 5.92. The Morgan fingerprint density at radius 1 is 1.41 bits per heavy atom. The molecule has 0 radical (unpaired) electrons. The second kappa shape index (κ2) is 4.48. The molecule has 1 aromatic heterocycles.